The molecule has 2 aromatic rings. The van der Waals surface area contributed by atoms with Crippen LogP contribution in [0.25, 0.3) is 0 Å². The van der Waals surface area contributed by atoms with Crippen molar-refractivity contribution in [2.45, 2.75) is 65.1 Å². The second-order valence-electron chi connectivity index (χ2n) is 9.58. The SMILES string of the molecule is CCN1CCCc2cc(CN3CCc4c(nc([C@H]5CCCN5C(C)=O)nc4NC)C3)ccc21. The fraction of sp³-hybridized carbons (Fsp3) is 0.577. The van der Waals surface area contributed by atoms with Gasteiger partial charge in [-0.25, -0.2) is 9.97 Å². The minimum atomic E-state index is -0.00238. The molecule has 7 nitrogen and oxygen atoms in total. The number of aromatic nitrogens is 2. The number of amides is 1. The number of rotatable bonds is 5. The third-order valence-electron chi connectivity index (χ3n) is 7.50. The standard InChI is InChI=1S/C26H36N6O/c1-4-31-12-5-7-20-15-19(9-10-23(20)31)16-30-14-11-21-22(17-30)28-26(29-25(21)27-3)24-8-6-13-32(24)18(2)33/h9-10,15,24H,4-8,11-14,16-17H2,1-3H3,(H,27,28,29)/t24-/m1/s1. The molecule has 1 fully saturated rings. The van der Waals surface area contributed by atoms with Gasteiger partial charge in [0, 0.05) is 64.5 Å². The smallest absolute Gasteiger partial charge is 0.220 e. The second-order valence-corrected chi connectivity index (χ2v) is 9.58. The summed E-state index contributed by atoms with van der Waals surface area (Å²) in [6, 6.07) is 7.04. The minimum absolute atomic E-state index is 0.00238. The van der Waals surface area contributed by atoms with E-state index in [4.69, 9.17) is 9.97 Å². The minimum Gasteiger partial charge on any atom is -0.373 e. The number of anilines is 2. The molecule has 1 aromatic carbocycles. The molecule has 5 rings (SSSR count). The van der Waals surface area contributed by atoms with E-state index in [1.807, 2.05) is 11.9 Å². The van der Waals surface area contributed by atoms with Crippen LogP contribution in [0.3, 0.4) is 0 Å². The highest BCUT2D eigenvalue weighted by Crippen LogP contribution is 2.34. The van der Waals surface area contributed by atoms with E-state index in [0.717, 1.165) is 69.3 Å². The van der Waals surface area contributed by atoms with Crippen LogP contribution in [-0.4, -0.2) is 58.9 Å². The first-order chi connectivity index (χ1) is 16.1. The van der Waals surface area contributed by atoms with Gasteiger partial charge in [-0.1, -0.05) is 12.1 Å². The van der Waals surface area contributed by atoms with Gasteiger partial charge in [-0.15, -0.1) is 0 Å². The predicted octanol–water partition coefficient (Wildman–Crippen LogP) is 3.53. The molecule has 0 radical (unpaired) electrons. The summed E-state index contributed by atoms with van der Waals surface area (Å²) in [5, 5.41) is 3.29. The molecular weight excluding hydrogens is 412 g/mol. The maximum absolute atomic E-state index is 12.1. The van der Waals surface area contributed by atoms with Crippen LogP contribution in [0.5, 0.6) is 0 Å². The molecule has 1 amide bonds. The molecule has 4 heterocycles. The van der Waals surface area contributed by atoms with Gasteiger partial charge in [-0.05, 0) is 56.2 Å². The van der Waals surface area contributed by atoms with E-state index in [9.17, 15) is 4.79 Å². The van der Waals surface area contributed by atoms with Crippen LogP contribution in [0.1, 0.15) is 67.4 Å². The summed E-state index contributed by atoms with van der Waals surface area (Å²) in [5.41, 5.74) is 6.64. The van der Waals surface area contributed by atoms with Crippen molar-refractivity contribution in [1.82, 2.24) is 19.8 Å². The Labute approximate surface area is 197 Å². The van der Waals surface area contributed by atoms with Gasteiger partial charge in [0.2, 0.25) is 5.91 Å². The Morgan fingerprint density at radius 2 is 2.03 bits per heavy atom. The maximum Gasteiger partial charge on any atom is 0.220 e. The molecule has 33 heavy (non-hydrogen) atoms. The lowest BCUT2D eigenvalue weighted by molar-refractivity contribution is -0.129. The van der Waals surface area contributed by atoms with Crippen LogP contribution in [0.15, 0.2) is 18.2 Å². The molecule has 1 aromatic heterocycles. The van der Waals surface area contributed by atoms with Crippen molar-refractivity contribution in [1.29, 1.82) is 0 Å². The predicted molar refractivity (Wildman–Crippen MR) is 131 cm³/mol. The molecule has 1 saturated heterocycles. The maximum atomic E-state index is 12.1. The van der Waals surface area contributed by atoms with Crippen molar-refractivity contribution < 1.29 is 4.79 Å². The molecule has 3 aliphatic heterocycles. The summed E-state index contributed by atoms with van der Waals surface area (Å²) in [6.45, 7) is 9.71. The quantitative estimate of drug-likeness (QED) is 0.755. The third-order valence-corrected chi connectivity index (χ3v) is 7.50. The normalized spacial score (nSPS) is 20.5. The lowest BCUT2D eigenvalue weighted by atomic mass is 9.98. The molecule has 0 spiro atoms. The average molecular weight is 449 g/mol. The van der Waals surface area contributed by atoms with Gasteiger partial charge in [0.25, 0.3) is 0 Å². The Kier molecular flexibility index (Phi) is 6.23. The second kappa shape index (κ2) is 9.29. The van der Waals surface area contributed by atoms with E-state index >= 15 is 0 Å². The van der Waals surface area contributed by atoms with Crippen molar-refractivity contribution in [2.75, 3.05) is 43.4 Å². The number of fused-ring (bicyclic) bond motifs is 2. The Hall–Kier alpha value is -2.67. The van der Waals surface area contributed by atoms with Crippen LogP contribution < -0.4 is 10.2 Å². The van der Waals surface area contributed by atoms with Gasteiger partial charge in [-0.2, -0.15) is 0 Å². The van der Waals surface area contributed by atoms with E-state index < -0.39 is 0 Å². The lowest BCUT2D eigenvalue weighted by Gasteiger charge is -2.32. The summed E-state index contributed by atoms with van der Waals surface area (Å²) in [4.78, 5) is 28.9. The first kappa shape index (κ1) is 22.1. The molecule has 0 aliphatic carbocycles. The zero-order valence-corrected chi connectivity index (χ0v) is 20.2. The van der Waals surface area contributed by atoms with E-state index in [1.165, 1.54) is 41.8 Å². The van der Waals surface area contributed by atoms with Crippen LogP contribution >= 0.6 is 0 Å². The monoisotopic (exact) mass is 448 g/mol. The molecular formula is C26H36N6O. The summed E-state index contributed by atoms with van der Waals surface area (Å²) in [7, 11) is 1.93. The molecule has 0 saturated carbocycles. The molecule has 0 bridgehead atoms. The Balaban J connectivity index is 1.36. The van der Waals surface area contributed by atoms with Gasteiger partial charge in [-0.3, -0.25) is 9.69 Å². The fourth-order valence-electron chi connectivity index (χ4n) is 5.82. The molecule has 176 valence electrons. The Bertz CT molecular complexity index is 1040. The number of benzene rings is 1. The number of nitrogens with zero attached hydrogens (tertiary/aromatic N) is 5. The Morgan fingerprint density at radius 3 is 2.82 bits per heavy atom. The van der Waals surface area contributed by atoms with E-state index in [0.29, 0.717) is 0 Å². The third kappa shape index (κ3) is 4.31. The highest BCUT2D eigenvalue weighted by molar-refractivity contribution is 5.74. The van der Waals surface area contributed by atoms with Crippen molar-refractivity contribution in [3.63, 3.8) is 0 Å². The summed E-state index contributed by atoms with van der Waals surface area (Å²) < 4.78 is 0. The van der Waals surface area contributed by atoms with E-state index in [2.05, 4.69) is 40.2 Å². The number of likely N-dealkylation sites (tertiary alicyclic amines) is 1. The first-order valence-corrected chi connectivity index (χ1v) is 12.5. The number of carbonyl (C=O) groups excluding carboxylic acids is 1. The van der Waals surface area contributed by atoms with Crippen molar-refractivity contribution >= 4 is 17.4 Å². The summed E-state index contributed by atoms with van der Waals surface area (Å²) in [5.74, 6) is 1.83. The number of hydrogen-bond donors (Lipinski definition) is 1. The van der Waals surface area contributed by atoms with Gasteiger partial charge in [0.1, 0.15) is 5.82 Å². The number of aryl methyl sites for hydroxylation is 1. The zero-order chi connectivity index (χ0) is 22.9. The fourth-order valence-corrected chi connectivity index (χ4v) is 5.82. The average Bonchev–Trinajstić information content (AvgIpc) is 3.33. The van der Waals surface area contributed by atoms with E-state index in [-0.39, 0.29) is 11.9 Å². The highest BCUT2D eigenvalue weighted by atomic mass is 16.2. The zero-order valence-electron chi connectivity index (χ0n) is 20.2. The van der Waals surface area contributed by atoms with Gasteiger partial charge in [0.05, 0.1) is 11.7 Å². The summed E-state index contributed by atoms with van der Waals surface area (Å²) in [6.07, 6.45) is 5.32. The molecule has 1 atom stereocenters. The van der Waals surface area contributed by atoms with Crippen LogP contribution in [-0.2, 0) is 30.7 Å². The summed E-state index contributed by atoms with van der Waals surface area (Å²) >= 11 is 0. The number of nitrogens with one attached hydrogen (secondary N) is 1. The molecule has 1 N–H and O–H groups in total. The lowest BCUT2D eigenvalue weighted by Crippen LogP contribution is -2.34. The van der Waals surface area contributed by atoms with Crippen molar-refractivity contribution in [3.05, 3.63) is 46.4 Å². The molecule has 0 unspecified atom stereocenters. The molecule has 7 heteroatoms. The van der Waals surface area contributed by atoms with Crippen LogP contribution in [0.2, 0.25) is 0 Å². The largest absolute Gasteiger partial charge is 0.373 e. The van der Waals surface area contributed by atoms with Crippen LogP contribution in [0.4, 0.5) is 11.5 Å². The van der Waals surface area contributed by atoms with Crippen molar-refractivity contribution in [2.24, 2.45) is 0 Å². The number of carbonyl (C=O) groups is 1. The van der Waals surface area contributed by atoms with Gasteiger partial charge < -0.3 is 15.1 Å². The molecule has 3 aliphatic rings. The topological polar surface area (TPSA) is 64.6 Å². The highest BCUT2D eigenvalue weighted by Gasteiger charge is 2.32. The number of hydrogen-bond acceptors (Lipinski definition) is 6. The van der Waals surface area contributed by atoms with Gasteiger partial charge >= 0.3 is 0 Å². The van der Waals surface area contributed by atoms with Crippen molar-refractivity contribution in [3.8, 4) is 0 Å². The van der Waals surface area contributed by atoms with Crippen LogP contribution in [0, 0.1) is 0 Å². The van der Waals surface area contributed by atoms with E-state index in [1.54, 1.807) is 6.92 Å². The van der Waals surface area contributed by atoms with Gasteiger partial charge in [0.15, 0.2) is 5.82 Å². The Morgan fingerprint density at radius 1 is 1.15 bits per heavy atom. The first-order valence-electron chi connectivity index (χ1n) is 12.5.